The number of hydrogen-bond donors (Lipinski definition) is 1. The molecule has 2 aromatic carbocycles. The molecule has 5 atom stereocenters. The molecule has 1 heterocycles. The summed E-state index contributed by atoms with van der Waals surface area (Å²) in [7, 11) is 1.81. The summed E-state index contributed by atoms with van der Waals surface area (Å²) in [6, 6.07) is 15.1. The smallest absolute Gasteiger partial charge is 0.330 e. The molecule has 4 heteroatoms. The summed E-state index contributed by atoms with van der Waals surface area (Å²) in [6.45, 7) is 7.42. The Kier molecular flexibility index (Phi) is 3.74. The minimum Gasteiger partial charge on any atom is -0.457 e. The molecule has 0 aromatic heterocycles. The van der Waals surface area contributed by atoms with Crippen LogP contribution in [0.3, 0.4) is 0 Å². The summed E-state index contributed by atoms with van der Waals surface area (Å²) in [5.41, 5.74) is 2.23. The molecule has 4 aliphatic rings. The van der Waals surface area contributed by atoms with Crippen molar-refractivity contribution >= 4 is 12.9 Å². The lowest BCUT2D eigenvalue weighted by Gasteiger charge is -2.68. The summed E-state index contributed by atoms with van der Waals surface area (Å²) in [4.78, 5) is 0. The molecule has 3 aliphatic carbocycles. The van der Waals surface area contributed by atoms with Gasteiger partial charge in [-0.15, -0.1) is 0 Å². The van der Waals surface area contributed by atoms with E-state index < -0.39 is 11.2 Å². The highest BCUT2D eigenvalue weighted by molar-refractivity contribution is 6.47. The van der Waals surface area contributed by atoms with Gasteiger partial charge in [-0.25, -0.2) is 0 Å². The molecule has 0 saturated heterocycles. The van der Waals surface area contributed by atoms with E-state index in [9.17, 15) is 5.11 Å². The second kappa shape index (κ2) is 5.92. The predicted molar refractivity (Wildman–Crippen MR) is 118 cm³/mol. The predicted octanol–water partition coefficient (Wildman–Crippen LogP) is 4.56. The van der Waals surface area contributed by atoms with Gasteiger partial charge in [0.1, 0.15) is 11.5 Å². The standard InChI is InChI=1S/C26H30BO3/c1-24(2,28)25(3,4)30-27-16-10-12-22-19(14-16)26(17-7-5-6-8-21(17)29-22)18-11-9-15-13-20(26)23(15)18/h5-8,10,12,14-15,18,20,23,28H,9,11,13H2,1-4H3/t15-,18-,20+,23?,26-/m1/s1. The molecule has 0 bridgehead atoms. The van der Waals surface area contributed by atoms with Crippen molar-refractivity contribution in [2.24, 2.45) is 23.7 Å². The van der Waals surface area contributed by atoms with E-state index in [4.69, 9.17) is 9.39 Å². The van der Waals surface area contributed by atoms with E-state index in [-0.39, 0.29) is 5.41 Å². The molecular formula is C26H30BO3. The normalized spacial score (nSPS) is 33.0. The maximum atomic E-state index is 10.4. The SMILES string of the molecule is CC(C)(O)C(C)(C)O[B]c1ccc2c(c1)[C@@]1(c3ccccc3O2)[C@@H]2CC[C@@H]3C[C@H]1C32. The Morgan fingerprint density at radius 1 is 1.00 bits per heavy atom. The molecular weight excluding hydrogens is 371 g/mol. The highest BCUT2D eigenvalue weighted by Crippen LogP contribution is 2.78. The molecule has 3 nitrogen and oxygen atoms in total. The van der Waals surface area contributed by atoms with Crippen molar-refractivity contribution in [2.45, 2.75) is 63.6 Å². The Bertz CT molecular complexity index is 1020. The molecule has 3 fully saturated rings. The van der Waals surface area contributed by atoms with Crippen molar-refractivity contribution in [1.29, 1.82) is 0 Å². The summed E-state index contributed by atoms with van der Waals surface area (Å²) < 4.78 is 12.5. The maximum absolute atomic E-state index is 10.4. The van der Waals surface area contributed by atoms with Crippen LogP contribution in [-0.4, -0.2) is 23.8 Å². The molecule has 1 aliphatic heterocycles. The molecule has 2 aromatic rings. The zero-order valence-electron chi connectivity index (χ0n) is 18.3. The monoisotopic (exact) mass is 401 g/mol. The Morgan fingerprint density at radius 2 is 1.77 bits per heavy atom. The first-order valence-corrected chi connectivity index (χ1v) is 11.4. The van der Waals surface area contributed by atoms with Crippen LogP contribution in [0.5, 0.6) is 11.5 Å². The first kappa shape index (κ1) is 19.0. The molecule has 6 rings (SSSR count). The summed E-state index contributed by atoms with van der Waals surface area (Å²) in [5.74, 6) is 5.37. The summed E-state index contributed by atoms with van der Waals surface area (Å²) >= 11 is 0. The third kappa shape index (κ3) is 2.24. The summed E-state index contributed by atoms with van der Waals surface area (Å²) in [6.07, 6.45) is 4.07. The van der Waals surface area contributed by atoms with E-state index in [2.05, 4.69) is 42.5 Å². The molecule has 1 unspecified atom stereocenters. The van der Waals surface area contributed by atoms with Crippen LogP contribution in [0.25, 0.3) is 0 Å². The summed E-state index contributed by atoms with van der Waals surface area (Å²) in [5, 5.41) is 10.4. The average Bonchev–Trinajstić information content (AvgIpc) is 2.84. The van der Waals surface area contributed by atoms with E-state index in [1.807, 2.05) is 13.8 Å². The van der Waals surface area contributed by atoms with E-state index >= 15 is 0 Å². The van der Waals surface area contributed by atoms with E-state index in [0.29, 0.717) is 0 Å². The number of rotatable bonds is 4. The number of benzene rings is 2. The van der Waals surface area contributed by atoms with Gasteiger partial charge in [0.05, 0.1) is 11.2 Å². The van der Waals surface area contributed by atoms with Crippen LogP contribution in [0.2, 0.25) is 0 Å². The van der Waals surface area contributed by atoms with Crippen molar-refractivity contribution < 1.29 is 14.5 Å². The van der Waals surface area contributed by atoms with Crippen LogP contribution in [0.15, 0.2) is 42.5 Å². The molecule has 1 radical (unpaired) electrons. The Morgan fingerprint density at radius 3 is 2.57 bits per heavy atom. The zero-order chi connectivity index (χ0) is 20.9. The van der Waals surface area contributed by atoms with Gasteiger partial charge in [0, 0.05) is 16.5 Å². The van der Waals surface area contributed by atoms with Gasteiger partial charge in [-0.1, -0.05) is 35.8 Å². The largest absolute Gasteiger partial charge is 0.457 e. The van der Waals surface area contributed by atoms with Crippen molar-refractivity contribution in [3.05, 3.63) is 53.6 Å². The van der Waals surface area contributed by atoms with Gasteiger partial charge in [-0.3, -0.25) is 0 Å². The van der Waals surface area contributed by atoms with Crippen molar-refractivity contribution in [3.8, 4) is 11.5 Å². The lowest BCUT2D eigenvalue weighted by molar-refractivity contribution is -0.119. The van der Waals surface area contributed by atoms with Gasteiger partial charge in [-0.05, 0) is 82.8 Å². The maximum Gasteiger partial charge on any atom is 0.330 e. The topological polar surface area (TPSA) is 38.7 Å². The van der Waals surface area contributed by atoms with Crippen LogP contribution in [0, 0.1) is 23.7 Å². The Balaban J connectivity index is 1.41. The van der Waals surface area contributed by atoms with Crippen molar-refractivity contribution in [1.82, 2.24) is 0 Å². The van der Waals surface area contributed by atoms with Crippen LogP contribution in [0.1, 0.15) is 58.1 Å². The van der Waals surface area contributed by atoms with Gasteiger partial charge in [0.2, 0.25) is 0 Å². The minimum absolute atomic E-state index is 0.0947. The number of aliphatic hydroxyl groups is 1. The molecule has 30 heavy (non-hydrogen) atoms. The Labute approximate surface area is 180 Å². The van der Waals surface area contributed by atoms with Crippen LogP contribution in [0.4, 0.5) is 0 Å². The molecule has 1 N–H and O–H groups in total. The highest BCUT2D eigenvalue weighted by Gasteiger charge is 2.74. The fourth-order valence-corrected chi connectivity index (χ4v) is 6.81. The van der Waals surface area contributed by atoms with Gasteiger partial charge in [0.15, 0.2) is 0 Å². The first-order chi connectivity index (χ1) is 14.2. The second-order valence-corrected chi connectivity index (χ2v) is 10.9. The molecule has 155 valence electrons. The minimum atomic E-state index is -0.938. The van der Waals surface area contributed by atoms with Crippen molar-refractivity contribution in [2.75, 3.05) is 0 Å². The lowest BCUT2D eigenvalue weighted by Crippen LogP contribution is -2.66. The van der Waals surface area contributed by atoms with Crippen LogP contribution < -0.4 is 10.2 Å². The number of ether oxygens (including phenoxy) is 1. The first-order valence-electron chi connectivity index (χ1n) is 11.4. The third-order valence-corrected chi connectivity index (χ3v) is 9.01. The quantitative estimate of drug-likeness (QED) is 0.764. The molecule has 1 spiro atoms. The van der Waals surface area contributed by atoms with Gasteiger partial charge >= 0.3 is 7.48 Å². The molecule has 3 saturated carbocycles. The van der Waals surface area contributed by atoms with Gasteiger partial charge in [-0.2, -0.15) is 0 Å². The van der Waals surface area contributed by atoms with E-state index in [1.54, 1.807) is 21.3 Å². The van der Waals surface area contributed by atoms with E-state index in [0.717, 1.165) is 40.6 Å². The van der Waals surface area contributed by atoms with Crippen LogP contribution in [-0.2, 0) is 10.1 Å². The highest BCUT2D eigenvalue weighted by atomic mass is 16.5. The van der Waals surface area contributed by atoms with Crippen LogP contribution >= 0.6 is 0 Å². The lowest BCUT2D eigenvalue weighted by atomic mass is 9.35. The van der Waals surface area contributed by atoms with Crippen molar-refractivity contribution in [3.63, 3.8) is 0 Å². The number of hydrogen-bond acceptors (Lipinski definition) is 3. The van der Waals surface area contributed by atoms with E-state index in [1.165, 1.54) is 30.4 Å². The third-order valence-electron chi connectivity index (χ3n) is 9.01. The fraction of sp³-hybridized carbons (Fsp3) is 0.538. The zero-order valence-corrected chi connectivity index (χ0v) is 18.3. The number of para-hydroxylation sites is 1. The van der Waals surface area contributed by atoms with Gasteiger partial charge in [0.25, 0.3) is 0 Å². The average molecular weight is 401 g/mol. The van der Waals surface area contributed by atoms with Gasteiger partial charge < -0.3 is 14.5 Å². The number of fused-ring (bicyclic) bond motifs is 6. The Hall–Kier alpha value is -1.78. The fourth-order valence-electron chi connectivity index (χ4n) is 6.81. The second-order valence-electron chi connectivity index (χ2n) is 10.9. The molecule has 0 amide bonds.